The Morgan fingerprint density at radius 3 is 1.89 bits per heavy atom. The Kier molecular flexibility index (Phi) is 7.56. The summed E-state index contributed by atoms with van der Waals surface area (Å²) in [4.78, 5) is 0. The van der Waals surface area contributed by atoms with E-state index in [1.807, 2.05) is 12.1 Å². The molecule has 0 heterocycles. The lowest BCUT2D eigenvalue weighted by molar-refractivity contribution is 0.0947. The van der Waals surface area contributed by atoms with Gasteiger partial charge in [-0.15, -0.1) is 0 Å². The second-order valence-electron chi connectivity index (χ2n) is 8.07. The van der Waals surface area contributed by atoms with Crippen molar-refractivity contribution < 1.29 is 14.6 Å². The van der Waals surface area contributed by atoms with Crippen LogP contribution in [0.5, 0.6) is 0 Å². The highest BCUT2D eigenvalue weighted by Crippen LogP contribution is 2.36. The van der Waals surface area contributed by atoms with Crippen molar-refractivity contribution in [3.8, 4) is 0 Å². The minimum Gasteiger partial charge on any atom is -0.405 e. The molecule has 0 aliphatic carbocycles. The minimum atomic E-state index is -2.61. The standard InChI is InChI=1S/C23H32O3Si/c1-19(17-24)15-16-20(25)18-26-27(23(2,3)4,21-11-7-5-8-12-21)22-13-9-6-10-14-22/h5-14,20,24-25H,1,15-18H2,2-4H3/t20-/m0/s1. The normalized spacial score (nSPS) is 13.4. The molecule has 0 aliphatic heterocycles. The molecule has 0 saturated carbocycles. The fourth-order valence-electron chi connectivity index (χ4n) is 3.52. The van der Waals surface area contributed by atoms with Gasteiger partial charge in [0.15, 0.2) is 0 Å². The third-order valence-corrected chi connectivity index (χ3v) is 9.97. The largest absolute Gasteiger partial charge is 0.405 e. The average Bonchev–Trinajstić information content (AvgIpc) is 2.67. The van der Waals surface area contributed by atoms with E-state index in [9.17, 15) is 5.11 Å². The van der Waals surface area contributed by atoms with Crippen LogP contribution in [0.15, 0.2) is 72.8 Å². The Morgan fingerprint density at radius 1 is 1.00 bits per heavy atom. The second kappa shape index (κ2) is 9.47. The molecule has 4 heteroatoms. The quantitative estimate of drug-likeness (QED) is 0.515. The second-order valence-corrected chi connectivity index (χ2v) is 12.4. The Hall–Kier alpha value is -1.72. The van der Waals surface area contributed by atoms with Gasteiger partial charge in [-0.1, -0.05) is 93.6 Å². The van der Waals surface area contributed by atoms with Gasteiger partial charge in [-0.05, 0) is 28.3 Å². The molecule has 0 bridgehead atoms. The first-order valence-corrected chi connectivity index (χ1v) is 11.4. The SMILES string of the molecule is C=C(CO)CC[C@H](O)CO[Si](c1ccccc1)(c1ccccc1)C(C)(C)C. The maximum Gasteiger partial charge on any atom is 0.261 e. The van der Waals surface area contributed by atoms with Crippen LogP contribution in [-0.4, -0.2) is 37.8 Å². The summed E-state index contributed by atoms with van der Waals surface area (Å²) >= 11 is 0. The summed E-state index contributed by atoms with van der Waals surface area (Å²) in [5.41, 5.74) is 0.736. The number of rotatable bonds is 9. The number of benzene rings is 2. The van der Waals surface area contributed by atoms with E-state index in [1.165, 1.54) is 10.4 Å². The van der Waals surface area contributed by atoms with Crippen molar-refractivity contribution in [1.29, 1.82) is 0 Å². The van der Waals surface area contributed by atoms with Gasteiger partial charge in [-0.3, -0.25) is 0 Å². The molecule has 3 nitrogen and oxygen atoms in total. The van der Waals surface area contributed by atoms with Crippen molar-refractivity contribution in [2.24, 2.45) is 0 Å². The molecule has 0 unspecified atom stereocenters. The maximum absolute atomic E-state index is 10.5. The predicted octanol–water partition coefficient (Wildman–Crippen LogP) is 3.25. The smallest absolute Gasteiger partial charge is 0.261 e. The molecule has 27 heavy (non-hydrogen) atoms. The lowest BCUT2D eigenvalue weighted by atomic mass is 10.1. The molecule has 146 valence electrons. The van der Waals surface area contributed by atoms with E-state index >= 15 is 0 Å². The van der Waals surface area contributed by atoms with Crippen LogP contribution < -0.4 is 10.4 Å². The molecule has 0 aliphatic rings. The molecular formula is C23H32O3Si. The van der Waals surface area contributed by atoms with Gasteiger partial charge in [0.1, 0.15) is 0 Å². The highest BCUT2D eigenvalue weighted by Gasteiger charge is 2.50. The van der Waals surface area contributed by atoms with Crippen LogP contribution in [-0.2, 0) is 4.43 Å². The monoisotopic (exact) mass is 384 g/mol. The van der Waals surface area contributed by atoms with E-state index in [2.05, 4.69) is 75.9 Å². The molecule has 0 amide bonds. The molecular weight excluding hydrogens is 352 g/mol. The molecule has 0 aromatic heterocycles. The maximum atomic E-state index is 10.5. The number of aliphatic hydroxyl groups excluding tert-OH is 2. The van der Waals surface area contributed by atoms with Gasteiger partial charge in [0, 0.05) is 0 Å². The Labute approximate surface area is 164 Å². The zero-order valence-electron chi connectivity index (χ0n) is 16.7. The third-order valence-electron chi connectivity index (χ3n) is 4.96. The van der Waals surface area contributed by atoms with Crippen LogP contribution in [0.25, 0.3) is 0 Å². The van der Waals surface area contributed by atoms with Crippen LogP contribution in [0, 0.1) is 0 Å². The summed E-state index contributed by atoms with van der Waals surface area (Å²) in [6, 6.07) is 20.8. The van der Waals surface area contributed by atoms with Gasteiger partial charge in [0.25, 0.3) is 8.32 Å². The molecule has 2 rings (SSSR count). The van der Waals surface area contributed by atoms with Crippen LogP contribution in [0.2, 0.25) is 5.04 Å². The van der Waals surface area contributed by atoms with Crippen molar-refractivity contribution in [3.63, 3.8) is 0 Å². The van der Waals surface area contributed by atoms with Crippen molar-refractivity contribution in [1.82, 2.24) is 0 Å². The first-order valence-electron chi connectivity index (χ1n) is 9.52. The van der Waals surface area contributed by atoms with Crippen LogP contribution >= 0.6 is 0 Å². The van der Waals surface area contributed by atoms with Crippen molar-refractivity contribution in [2.75, 3.05) is 13.2 Å². The van der Waals surface area contributed by atoms with Crippen molar-refractivity contribution in [2.45, 2.75) is 44.8 Å². The highest BCUT2D eigenvalue weighted by atomic mass is 28.4. The van der Waals surface area contributed by atoms with Crippen LogP contribution in [0.3, 0.4) is 0 Å². The lowest BCUT2D eigenvalue weighted by Gasteiger charge is -2.43. The summed E-state index contributed by atoms with van der Waals surface area (Å²) in [6.45, 7) is 10.7. The van der Waals surface area contributed by atoms with Gasteiger partial charge < -0.3 is 14.6 Å². The van der Waals surface area contributed by atoms with Gasteiger partial charge in [-0.25, -0.2) is 0 Å². The zero-order valence-corrected chi connectivity index (χ0v) is 17.7. The molecule has 1 atom stereocenters. The molecule has 0 saturated heterocycles. The molecule has 0 radical (unpaired) electrons. The molecule has 2 N–H and O–H groups in total. The highest BCUT2D eigenvalue weighted by molar-refractivity contribution is 6.99. The van der Waals surface area contributed by atoms with E-state index in [0.717, 1.165) is 5.57 Å². The van der Waals surface area contributed by atoms with Crippen molar-refractivity contribution in [3.05, 3.63) is 72.8 Å². The van der Waals surface area contributed by atoms with E-state index in [4.69, 9.17) is 9.53 Å². The summed E-state index contributed by atoms with van der Waals surface area (Å²) in [5, 5.41) is 21.9. The summed E-state index contributed by atoms with van der Waals surface area (Å²) < 4.78 is 6.69. The molecule has 2 aromatic carbocycles. The Balaban J connectivity index is 2.36. The Morgan fingerprint density at radius 2 is 1.48 bits per heavy atom. The fourth-order valence-corrected chi connectivity index (χ4v) is 8.11. The van der Waals surface area contributed by atoms with Crippen LogP contribution in [0.1, 0.15) is 33.6 Å². The number of hydrogen-bond acceptors (Lipinski definition) is 3. The molecule has 0 fully saturated rings. The van der Waals surface area contributed by atoms with Gasteiger partial charge in [0.2, 0.25) is 0 Å². The average molecular weight is 385 g/mol. The summed E-state index contributed by atoms with van der Waals surface area (Å²) in [6.07, 6.45) is 0.550. The first kappa shape index (κ1) is 21.6. The van der Waals surface area contributed by atoms with Crippen molar-refractivity contribution >= 4 is 18.7 Å². The van der Waals surface area contributed by atoms with E-state index in [-0.39, 0.29) is 18.3 Å². The van der Waals surface area contributed by atoms with Crippen LogP contribution in [0.4, 0.5) is 0 Å². The molecule has 0 spiro atoms. The topological polar surface area (TPSA) is 49.7 Å². The minimum absolute atomic E-state index is 0.0394. The number of aliphatic hydroxyl groups is 2. The Bertz CT molecular complexity index is 668. The lowest BCUT2D eigenvalue weighted by Crippen LogP contribution is -2.67. The third kappa shape index (κ3) is 5.17. The summed E-state index contributed by atoms with van der Waals surface area (Å²) in [7, 11) is -2.61. The van der Waals surface area contributed by atoms with E-state index in [1.54, 1.807) is 0 Å². The van der Waals surface area contributed by atoms with E-state index in [0.29, 0.717) is 12.8 Å². The van der Waals surface area contributed by atoms with Gasteiger partial charge in [-0.2, -0.15) is 0 Å². The van der Waals surface area contributed by atoms with Gasteiger partial charge in [0.05, 0.1) is 19.3 Å². The van der Waals surface area contributed by atoms with Gasteiger partial charge >= 0.3 is 0 Å². The molecule has 2 aromatic rings. The summed E-state index contributed by atoms with van der Waals surface area (Å²) in [5.74, 6) is 0. The fraction of sp³-hybridized carbons (Fsp3) is 0.391. The predicted molar refractivity (Wildman–Crippen MR) is 115 cm³/mol. The van der Waals surface area contributed by atoms with E-state index < -0.39 is 14.4 Å². The zero-order chi connectivity index (χ0) is 19.9. The number of hydrogen-bond donors (Lipinski definition) is 2. The first-order chi connectivity index (χ1) is 12.8.